The molecular formula is C44H51N5O9. The number of para-hydroxylation sites is 1. The van der Waals surface area contributed by atoms with Gasteiger partial charge >= 0.3 is 0 Å². The van der Waals surface area contributed by atoms with Crippen molar-refractivity contribution in [2.45, 2.75) is 63.6 Å². The van der Waals surface area contributed by atoms with E-state index in [-0.39, 0.29) is 49.6 Å². The molecule has 0 radical (unpaired) electrons. The number of ether oxygens (including phenoxy) is 3. The maximum atomic E-state index is 14.0. The van der Waals surface area contributed by atoms with Crippen LogP contribution < -0.4 is 40.8 Å². The average molecular weight is 794 g/mol. The largest absolute Gasteiger partial charge is 0.508 e. The molecule has 0 aliphatic carbocycles. The number of carbonyl (C=O) groups excluding carboxylic acids is 5. The first-order valence-electron chi connectivity index (χ1n) is 19.4. The van der Waals surface area contributed by atoms with Crippen LogP contribution in [0.15, 0.2) is 97.1 Å². The molecule has 306 valence electrons. The van der Waals surface area contributed by atoms with Gasteiger partial charge < -0.3 is 45.9 Å². The van der Waals surface area contributed by atoms with Crippen LogP contribution in [0, 0.1) is 0 Å². The highest BCUT2D eigenvalue weighted by atomic mass is 16.5. The minimum Gasteiger partial charge on any atom is -0.508 e. The Morgan fingerprint density at radius 1 is 0.810 bits per heavy atom. The summed E-state index contributed by atoms with van der Waals surface area (Å²) >= 11 is 0. The second-order valence-corrected chi connectivity index (χ2v) is 13.8. The summed E-state index contributed by atoms with van der Waals surface area (Å²) in [5.74, 6) is -1.46. The van der Waals surface area contributed by atoms with Gasteiger partial charge in [0.15, 0.2) is 11.5 Å². The van der Waals surface area contributed by atoms with Crippen molar-refractivity contribution in [3.8, 4) is 23.0 Å². The summed E-state index contributed by atoms with van der Waals surface area (Å²) in [5, 5.41) is 23.9. The molecule has 14 nitrogen and oxygen atoms in total. The Labute approximate surface area is 338 Å². The molecule has 0 saturated heterocycles. The molecule has 5 amide bonds. The third kappa shape index (κ3) is 12.7. The zero-order valence-corrected chi connectivity index (χ0v) is 32.8. The summed E-state index contributed by atoms with van der Waals surface area (Å²) in [4.78, 5) is 68.9. The monoisotopic (exact) mass is 793 g/mol. The van der Waals surface area contributed by atoms with Crippen LogP contribution in [0.5, 0.6) is 23.0 Å². The topological polar surface area (TPSA) is 193 Å². The zero-order chi connectivity index (χ0) is 41.3. The van der Waals surface area contributed by atoms with Crippen molar-refractivity contribution in [3.63, 3.8) is 0 Å². The lowest BCUT2D eigenvalue weighted by Crippen LogP contribution is -2.56. The first-order valence-corrected chi connectivity index (χ1v) is 19.4. The minimum atomic E-state index is -1.33. The Kier molecular flexibility index (Phi) is 15.9. The molecule has 0 bridgehead atoms. The van der Waals surface area contributed by atoms with E-state index in [2.05, 4.69) is 26.6 Å². The number of rotatable bonds is 12. The van der Waals surface area contributed by atoms with Crippen LogP contribution in [-0.4, -0.2) is 86.2 Å². The second kappa shape index (κ2) is 21.7. The third-order valence-corrected chi connectivity index (χ3v) is 9.43. The van der Waals surface area contributed by atoms with Crippen LogP contribution >= 0.6 is 0 Å². The lowest BCUT2D eigenvalue weighted by atomic mass is 10.0. The Morgan fingerprint density at radius 2 is 1.50 bits per heavy atom. The number of aromatic hydroxyl groups is 1. The van der Waals surface area contributed by atoms with E-state index < -0.39 is 54.1 Å². The van der Waals surface area contributed by atoms with Gasteiger partial charge in [-0.05, 0) is 79.3 Å². The highest BCUT2D eigenvalue weighted by Gasteiger charge is 2.31. The predicted molar refractivity (Wildman–Crippen MR) is 217 cm³/mol. The lowest BCUT2D eigenvalue weighted by Gasteiger charge is -2.25. The fourth-order valence-corrected chi connectivity index (χ4v) is 6.43. The number of phenols is 1. The van der Waals surface area contributed by atoms with E-state index >= 15 is 0 Å². The van der Waals surface area contributed by atoms with Crippen molar-refractivity contribution < 1.29 is 43.3 Å². The van der Waals surface area contributed by atoms with Crippen LogP contribution in [0.2, 0.25) is 0 Å². The number of methoxy groups -OCH3 is 1. The Bertz CT molecular complexity index is 2010. The molecule has 1 aliphatic heterocycles. The molecule has 0 aromatic heterocycles. The average Bonchev–Trinajstić information content (AvgIpc) is 3.22. The molecule has 4 aromatic carbocycles. The Hall–Kier alpha value is -6.57. The summed E-state index contributed by atoms with van der Waals surface area (Å²) in [6.07, 6.45) is 1.21. The summed E-state index contributed by atoms with van der Waals surface area (Å²) in [6, 6.07) is 24.1. The molecule has 1 aliphatic rings. The van der Waals surface area contributed by atoms with E-state index in [1.54, 1.807) is 43.5 Å². The SMILES string of the molecule is CCOc1ccc(CCCNC(=O)[C@@H]2CC(=O)N[C@@H](Cc3ccc(O)cc3)C(=O)N[C@@H](Cc3ccccc3)C(=O)NCCCOc3ccccc3C(=O)N2)cc1OC. The van der Waals surface area contributed by atoms with Gasteiger partial charge in [-0.1, -0.05) is 60.7 Å². The lowest BCUT2D eigenvalue weighted by molar-refractivity contribution is -0.133. The van der Waals surface area contributed by atoms with E-state index in [1.807, 2.05) is 55.5 Å². The summed E-state index contributed by atoms with van der Waals surface area (Å²) in [6.45, 7) is 2.99. The van der Waals surface area contributed by atoms with Gasteiger partial charge in [-0.15, -0.1) is 0 Å². The number of hydrogen-bond acceptors (Lipinski definition) is 9. The molecule has 6 N–H and O–H groups in total. The zero-order valence-electron chi connectivity index (χ0n) is 32.8. The van der Waals surface area contributed by atoms with Crippen molar-refractivity contribution in [2.24, 2.45) is 0 Å². The van der Waals surface area contributed by atoms with Gasteiger partial charge in [-0.2, -0.15) is 0 Å². The van der Waals surface area contributed by atoms with E-state index in [4.69, 9.17) is 14.2 Å². The van der Waals surface area contributed by atoms with Gasteiger partial charge in [-0.25, -0.2) is 0 Å². The fourth-order valence-electron chi connectivity index (χ4n) is 6.43. The van der Waals surface area contributed by atoms with E-state index in [9.17, 15) is 29.1 Å². The van der Waals surface area contributed by atoms with Crippen molar-refractivity contribution in [1.29, 1.82) is 0 Å². The number of fused-ring (bicyclic) bond motifs is 1. The Balaban J connectivity index is 1.38. The van der Waals surface area contributed by atoms with E-state index in [1.165, 1.54) is 12.1 Å². The molecule has 3 atom stereocenters. The molecular weight excluding hydrogens is 743 g/mol. The minimum absolute atomic E-state index is 0.00179. The first kappa shape index (κ1) is 42.6. The van der Waals surface area contributed by atoms with Crippen molar-refractivity contribution in [2.75, 3.05) is 33.4 Å². The number of hydrogen-bond donors (Lipinski definition) is 6. The van der Waals surface area contributed by atoms with Crippen LogP contribution in [0.3, 0.4) is 0 Å². The number of nitrogens with one attached hydrogen (secondary N) is 5. The fraction of sp³-hybridized carbons (Fsp3) is 0.341. The second-order valence-electron chi connectivity index (χ2n) is 13.8. The van der Waals surface area contributed by atoms with Gasteiger partial charge in [0.1, 0.15) is 29.6 Å². The Morgan fingerprint density at radius 3 is 2.24 bits per heavy atom. The number of aryl methyl sites for hydroxylation is 1. The van der Waals surface area contributed by atoms with Gasteiger partial charge in [0.25, 0.3) is 5.91 Å². The molecule has 58 heavy (non-hydrogen) atoms. The number of phenolic OH excluding ortho intramolecular Hbond substituents is 1. The number of carbonyl (C=O) groups is 5. The smallest absolute Gasteiger partial charge is 0.255 e. The van der Waals surface area contributed by atoms with Crippen molar-refractivity contribution >= 4 is 29.5 Å². The molecule has 1 heterocycles. The van der Waals surface area contributed by atoms with Gasteiger partial charge in [0.2, 0.25) is 23.6 Å². The predicted octanol–water partition coefficient (Wildman–Crippen LogP) is 3.39. The van der Waals surface area contributed by atoms with Gasteiger partial charge in [-0.3, -0.25) is 24.0 Å². The summed E-state index contributed by atoms with van der Waals surface area (Å²) < 4.78 is 17.0. The van der Waals surface area contributed by atoms with Crippen molar-refractivity contribution in [3.05, 3.63) is 119 Å². The highest BCUT2D eigenvalue weighted by molar-refractivity contribution is 6.01. The number of benzene rings is 4. The number of amides is 5. The van der Waals surface area contributed by atoms with Crippen molar-refractivity contribution in [1.82, 2.24) is 26.6 Å². The highest BCUT2D eigenvalue weighted by Crippen LogP contribution is 2.28. The summed E-state index contributed by atoms with van der Waals surface area (Å²) in [7, 11) is 1.57. The quantitative estimate of drug-likeness (QED) is 0.117. The first-order chi connectivity index (χ1) is 28.1. The van der Waals surface area contributed by atoms with E-state index in [0.29, 0.717) is 42.9 Å². The standard InChI is InChI=1S/C44H51N5O9/c1-3-57-38-21-18-30(27-39(38)56-2)13-9-22-45-43(54)36-28-40(51)47-35(26-31-16-19-32(50)20-17-31)44(55)49-34(25-29-11-5-4-6-12-29)42(53)46-23-10-24-58-37-15-8-7-14-33(37)41(52)48-36/h4-8,11-12,14-21,27,34-36,50H,3,9-10,13,22-26,28H2,1-2H3,(H,45,54)(H,46,53)(H,47,51)(H,48,52)(H,49,55)/t34-,35-,36-/m0/s1. The van der Waals surface area contributed by atoms with E-state index in [0.717, 1.165) is 11.1 Å². The van der Waals surface area contributed by atoms with Crippen LogP contribution in [0.4, 0.5) is 0 Å². The summed E-state index contributed by atoms with van der Waals surface area (Å²) in [5.41, 5.74) is 2.56. The van der Waals surface area contributed by atoms with Gasteiger partial charge in [0, 0.05) is 25.9 Å². The molecule has 0 spiro atoms. The van der Waals surface area contributed by atoms with Crippen LogP contribution in [0.1, 0.15) is 53.2 Å². The van der Waals surface area contributed by atoms with Gasteiger partial charge in [0.05, 0.1) is 32.3 Å². The van der Waals surface area contributed by atoms with Crippen LogP contribution in [0.25, 0.3) is 0 Å². The molecule has 0 fully saturated rings. The molecule has 14 heteroatoms. The normalized spacial score (nSPS) is 18.1. The molecule has 0 saturated carbocycles. The third-order valence-electron chi connectivity index (χ3n) is 9.43. The van der Waals surface area contributed by atoms with Crippen LogP contribution in [-0.2, 0) is 38.4 Å². The maximum absolute atomic E-state index is 14.0. The molecule has 4 aromatic rings. The molecule has 0 unspecified atom stereocenters. The maximum Gasteiger partial charge on any atom is 0.255 e. The molecule has 5 rings (SSSR count).